The third-order valence-electron chi connectivity index (χ3n) is 28.4. The van der Waals surface area contributed by atoms with Gasteiger partial charge in [0.1, 0.15) is 11.3 Å². The zero-order valence-corrected chi connectivity index (χ0v) is 74.3. The number of aromatic amines is 7. The van der Waals surface area contributed by atoms with E-state index >= 15 is 0 Å². The summed E-state index contributed by atoms with van der Waals surface area (Å²) in [7, 11) is 2.03. The quantitative estimate of drug-likeness (QED) is 0.0794. The predicted molar refractivity (Wildman–Crippen MR) is 526 cm³/mol. The van der Waals surface area contributed by atoms with Crippen molar-refractivity contribution in [2.24, 2.45) is 13.0 Å². The number of hydrogen-bond donors (Lipinski definition) is 8. The minimum absolute atomic E-state index is 0.418. The molecular formula is C106H90BrN23O. The van der Waals surface area contributed by atoms with Crippen LogP contribution in [0.2, 0.25) is 0 Å². The molecule has 25 heteroatoms. The van der Waals surface area contributed by atoms with Gasteiger partial charge in [0.05, 0.1) is 137 Å². The largest absolute Gasteiger partial charge is 0.380 e. The lowest BCUT2D eigenvalue weighted by atomic mass is 9.80. The summed E-state index contributed by atoms with van der Waals surface area (Å²) in [6, 6.07) is 39.8. The average Bonchev–Trinajstić information content (AvgIpc) is 1.70. The average molecular weight is 1780 g/mol. The van der Waals surface area contributed by atoms with Crippen LogP contribution in [0, 0.1) is 5.92 Å². The lowest BCUT2D eigenvalue weighted by Crippen LogP contribution is -2.15. The highest BCUT2D eigenvalue weighted by Gasteiger charge is 2.31. The molecule has 0 spiro atoms. The summed E-state index contributed by atoms with van der Waals surface area (Å²) in [5.74, 6) is 1.15. The first-order chi connectivity index (χ1) is 64.5. The number of pyridine rings is 7. The number of H-pyrrole nitrogens is 7. The van der Waals surface area contributed by atoms with Gasteiger partial charge in [0.2, 0.25) is 0 Å². The molecule has 16 heterocycles. The molecule has 23 aromatic rings. The minimum Gasteiger partial charge on any atom is -0.380 e. The zero-order chi connectivity index (χ0) is 87.2. The lowest BCUT2D eigenvalue weighted by Gasteiger charge is -2.26. The highest BCUT2D eigenvalue weighted by atomic mass is 79.9. The van der Waals surface area contributed by atoms with Crippen molar-refractivity contribution in [3.63, 3.8) is 0 Å². The third-order valence-corrected chi connectivity index (χ3v) is 28.8. The van der Waals surface area contributed by atoms with Gasteiger partial charge >= 0.3 is 0 Å². The molecule has 7 aromatic carbocycles. The van der Waals surface area contributed by atoms with E-state index in [0.717, 1.165) is 225 Å². The molecule has 0 aliphatic heterocycles. The first-order valence-electron chi connectivity index (χ1n) is 45.9. The van der Waals surface area contributed by atoms with Gasteiger partial charge in [-0.15, -0.1) is 0 Å². The lowest BCUT2D eigenvalue weighted by molar-refractivity contribution is 0.460. The Morgan fingerprint density at radius 2 is 0.863 bits per heavy atom. The summed E-state index contributed by atoms with van der Waals surface area (Å²) < 4.78 is 8.29. The van der Waals surface area contributed by atoms with Crippen LogP contribution in [0.3, 0.4) is 0 Å². The number of nitrogen functional groups attached to an aromatic ring is 1. The number of nitrogens with two attached hydrogens (primary N) is 1. The van der Waals surface area contributed by atoms with Crippen LogP contribution in [0.25, 0.3) is 204 Å². The normalized spacial score (nSPS) is 15.4. The van der Waals surface area contributed by atoms with Crippen LogP contribution >= 0.6 is 15.9 Å². The first kappa shape index (κ1) is 78.3. The molecule has 0 saturated carbocycles. The van der Waals surface area contributed by atoms with Gasteiger partial charge in [-0.1, -0.05) is 30.3 Å². The van der Waals surface area contributed by atoms with E-state index < -0.39 is 0 Å². The molecule has 0 saturated heterocycles. The van der Waals surface area contributed by atoms with Gasteiger partial charge in [-0.3, -0.25) is 25.5 Å². The van der Waals surface area contributed by atoms with Crippen molar-refractivity contribution in [3.05, 3.63) is 261 Å². The Hall–Kier alpha value is -15.0. The van der Waals surface area contributed by atoms with Crippen molar-refractivity contribution in [2.75, 3.05) is 5.73 Å². The number of hydrogen-bond acceptors (Lipinski definition) is 16. The molecule has 0 bridgehead atoms. The van der Waals surface area contributed by atoms with E-state index in [9.17, 15) is 0 Å². The van der Waals surface area contributed by atoms with Gasteiger partial charge < -0.3 is 24.8 Å². The number of imidazole rings is 1. The fourth-order valence-corrected chi connectivity index (χ4v) is 22.5. The molecular weight excluding hydrogens is 1690 g/mol. The van der Waals surface area contributed by atoms with E-state index in [1.165, 1.54) is 179 Å². The Morgan fingerprint density at radius 1 is 0.405 bits per heavy atom. The predicted octanol–water partition coefficient (Wildman–Crippen LogP) is 23.7. The minimum atomic E-state index is 0.418. The summed E-state index contributed by atoms with van der Waals surface area (Å²) >= 11 is 3.55. The van der Waals surface area contributed by atoms with E-state index in [1.807, 2.05) is 87.3 Å². The number of aryl methyl sites for hydroxylation is 6. The molecule has 0 radical (unpaired) electrons. The number of nitrogens with zero attached hydrogens (tertiary/aromatic N) is 15. The molecule has 24 nitrogen and oxygen atoms in total. The molecule has 131 heavy (non-hydrogen) atoms. The Kier molecular flexibility index (Phi) is 19.0. The number of anilines is 1. The molecule has 0 fully saturated rings. The molecule has 642 valence electrons. The fraction of sp³-hybridized carbons (Fsp3) is 0.226. The summed E-state index contributed by atoms with van der Waals surface area (Å²) in [6.45, 7) is 4.57. The number of nitrogens with one attached hydrogen (secondary N) is 7. The van der Waals surface area contributed by atoms with E-state index in [4.69, 9.17) is 35.2 Å². The van der Waals surface area contributed by atoms with Crippen LogP contribution in [0.15, 0.2) is 204 Å². The maximum atomic E-state index is 5.97. The topological polar surface area (TPSA) is 335 Å². The van der Waals surface area contributed by atoms with Gasteiger partial charge in [0, 0.05) is 123 Å². The maximum Gasteiger partial charge on any atom is 0.174 e. The summed E-state index contributed by atoms with van der Waals surface area (Å²) in [4.78, 5) is 45.6. The molecule has 6 aliphatic carbocycles. The second kappa shape index (κ2) is 31.7. The number of aromatic nitrogens is 22. The zero-order valence-electron chi connectivity index (χ0n) is 72.7. The Bertz CT molecular complexity index is 8700. The highest BCUT2D eigenvalue weighted by Crippen LogP contribution is 2.47. The van der Waals surface area contributed by atoms with Crippen molar-refractivity contribution >= 4 is 180 Å². The Morgan fingerprint density at radius 3 is 1.37 bits per heavy atom. The van der Waals surface area contributed by atoms with E-state index in [-0.39, 0.29) is 0 Å². The number of benzene rings is 7. The van der Waals surface area contributed by atoms with Crippen LogP contribution in [-0.2, 0) is 71.3 Å². The van der Waals surface area contributed by atoms with Crippen molar-refractivity contribution in [1.29, 1.82) is 0 Å². The van der Waals surface area contributed by atoms with Gasteiger partial charge in [0.25, 0.3) is 0 Å². The smallest absolute Gasteiger partial charge is 0.174 e. The number of allylic oxidation sites excluding steroid dienone is 4. The number of halogens is 1. The summed E-state index contributed by atoms with van der Waals surface area (Å²) in [5, 5.41) is 55.9. The number of rotatable bonds is 5. The second-order valence-electron chi connectivity index (χ2n) is 36.2. The highest BCUT2D eigenvalue weighted by molar-refractivity contribution is 9.10. The van der Waals surface area contributed by atoms with Crippen LogP contribution in [-0.4, -0.2) is 111 Å². The fourth-order valence-electron chi connectivity index (χ4n) is 22.1. The van der Waals surface area contributed by atoms with Crippen LogP contribution in [0.1, 0.15) is 139 Å². The second-order valence-corrected chi connectivity index (χ2v) is 37.1. The summed E-state index contributed by atoms with van der Waals surface area (Å²) in [6.07, 6.45) is 46.9. The molecule has 9 N–H and O–H groups in total. The monoisotopic (exact) mass is 1780 g/mol. The molecule has 0 amide bonds. The van der Waals surface area contributed by atoms with Crippen molar-refractivity contribution in [1.82, 2.24) is 111 Å². The molecule has 1 atom stereocenters. The Labute approximate surface area is 757 Å². The van der Waals surface area contributed by atoms with Crippen molar-refractivity contribution in [2.45, 2.75) is 142 Å². The van der Waals surface area contributed by atoms with E-state index in [0.29, 0.717) is 11.4 Å². The van der Waals surface area contributed by atoms with Gasteiger partial charge in [0.15, 0.2) is 11.4 Å². The van der Waals surface area contributed by atoms with E-state index in [1.54, 1.807) is 0 Å². The third kappa shape index (κ3) is 13.3. The summed E-state index contributed by atoms with van der Waals surface area (Å²) in [5.41, 5.74) is 48.2. The van der Waals surface area contributed by atoms with Crippen molar-refractivity contribution in [3.8, 4) is 45.0 Å². The number of fused-ring (bicyclic) bond motifs is 29. The van der Waals surface area contributed by atoms with Crippen LogP contribution < -0.4 is 5.73 Å². The molecule has 1 unspecified atom stereocenters. The molecule has 29 rings (SSSR count). The Balaban J connectivity index is 0.0000000882. The van der Waals surface area contributed by atoms with Crippen LogP contribution in [0.5, 0.6) is 0 Å². The van der Waals surface area contributed by atoms with Crippen molar-refractivity contribution < 1.29 is 4.52 Å². The van der Waals surface area contributed by atoms with Gasteiger partial charge in [-0.25, -0.2) is 39.9 Å². The maximum absolute atomic E-state index is 5.97. The SMILES string of the molecule is Brc1cnc2[nH]cc(-c3nc4ccc5[nH]ncc5c4c4c3CCCC4)c2c1.CC1=CCC=C1c1nc2ccc3[nH]ncc3c2c2c1CC(C)CC2.Cn1cnc2cc(-c3nc4ccc5[nH]ncc5c4c4c3CCCC4)ccc21.Nc1noc2ccc(-c3nc4ccc5[nH]ncc5c4c4c3CCCC4)cc12.c1cc2cc(-c3nc4ccc5[nH]ncc5c4c4c3CCCC4)cnc2[nH]1. The standard InChI is InChI=1S/C22H19N5.C21H16BrN5.C21H17N5O.C21H17N5.C21H21N3/c1-27-12-23-19-10-13(6-9-20(19)27)22-15-5-3-2-4-14(15)21-16-11-24-26-17(16)7-8-18(21)25-22;22-11-7-14-15(9-24-21(14)23-8-11)20-13-4-2-1-3-12(13)19-16-10-25-27-17(16)5-6-18(19)26-20;22-21-14-9-11(5-8-18(14)27-26-21)20-13-4-2-1-3-12(13)19-15-10-23-25-16(15)6-7-17(19)24-20;1-2-4-15-14(3-1)19-16-11-24-26-17(16)5-6-18(19)25-20(15)13-9-12-7-8-22-21(12)23-10-13;1-12-6-7-15-16(10-12)21(14-5-3-4-13(14)2)23-19-9-8-18-17(20(15)19)11-22-24-18/h6-12H,2-5H2,1H3,(H,24,26);5-10H,1-4H2,(H,23,24)(H,25,27);5-10H,1-4H2,(H2,22,26)(H,23,25);5-11H,1-4H2,(H,22,23)(H,24,26);4-5,8-9,11-12H,3,6-7,10H2,1-2H3,(H,22,24). The van der Waals surface area contributed by atoms with Gasteiger partial charge in [-0.05, 0) is 333 Å². The van der Waals surface area contributed by atoms with Gasteiger partial charge in [-0.2, -0.15) is 25.5 Å². The molecule has 16 aromatic heterocycles. The molecule has 6 aliphatic rings. The van der Waals surface area contributed by atoms with Crippen LogP contribution in [0.4, 0.5) is 5.82 Å². The first-order valence-corrected chi connectivity index (χ1v) is 46.7. The van der Waals surface area contributed by atoms with E-state index in [2.05, 4.69) is 225 Å².